The van der Waals surface area contributed by atoms with E-state index in [2.05, 4.69) is 12.2 Å². The van der Waals surface area contributed by atoms with Crippen LogP contribution in [0, 0.1) is 5.92 Å². The van der Waals surface area contributed by atoms with Gasteiger partial charge >= 0.3 is 6.18 Å². The van der Waals surface area contributed by atoms with E-state index in [0.717, 1.165) is 12.8 Å². The topological polar surface area (TPSA) is 24.5 Å². The Morgan fingerprint density at radius 2 is 1.94 bits per heavy atom. The van der Waals surface area contributed by atoms with Crippen LogP contribution in [-0.2, 0) is 4.74 Å². The Balaban J connectivity index is 2.06. The summed E-state index contributed by atoms with van der Waals surface area (Å²) in [6.07, 6.45) is -2.48. The molecule has 1 N–H and O–H groups in total. The summed E-state index contributed by atoms with van der Waals surface area (Å²) >= 11 is 0. The van der Waals surface area contributed by atoms with Crippen LogP contribution in [0.4, 0.5) is 13.2 Å². The van der Waals surface area contributed by atoms with Crippen molar-refractivity contribution < 1.29 is 17.9 Å². The van der Waals surface area contributed by atoms with Crippen LogP contribution in [0.15, 0.2) is 0 Å². The van der Waals surface area contributed by atoms with E-state index in [1.807, 2.05) is 4.90 Å². The molecule has 2 rings (SSSR count). The third-order valence-electron chi connectivity index (χ3n) is 4.19. The normalized spacial score (nSPS) is 31.0. The molecule has 2 fully saturated rings. The standard InChI is InChI=1S/C12H21F3N2O/c1-11(2-6-18-7-3-11)17-5-4-16-8-10(9-17)12(13,14)15/h10,16H,2-9H2,1H3. The third kappa shape index (κ3) is 3.16. The van der Waals surface area contributed by atoms with Crippen LogP contribution >= 0.6 is 0 Å². The molecule has 1 atom stereocenters. The zero-order valence-electron chi connectivity index (χ0n) is 10.7. The van der Waals surface area contributed by atoms with Crippen LogP contribution in [0.1, 0.15) is 19.8 Å². The number of nitrogens with zero attached hydrogens (tertiary/aromatic N) is 1. The van der Waals surface area contributed by atoms with Gasteiger partial charge in [-0.1, -0.05) is 0 Å². The summed E-state index contributed by atoms with van der Waals surface area (Å²) in [4.78, 5) is 2.01. The second-order valence-corrected chi connectivity index (χ2v) is 5.50. The molecule has 0 radical (unpaired) electrons. The number of halogens is 3. The molecule has 106 valence electrons. The van der Waals surface area contributed by atoms with Crippen molar-refractivity contribution in [1.29, 1.82) is 0 Å². The molecule has 2 aliphatic rings. The summed E-state index contributed by atoms with van der Waals surface area (Å²) in [7, 11) is 0. The smallest absolute Gasteiger partial charge is 0.381 e. The molecular weight excluding hydrogens is 245 g/mol. The molecule has 2 saturated heterocycles. The molecule has 3 nitrogen and oxygen atoms in total. The van der Waals surface area contributed by atoms with Crippen molar-refractivity contribution in [3.63, 3.8) is 0 Å². The number of hydrogen-bond acceptors (Lipinski definition) is 3. The Kier molecular flexibility index (Phi) is 4.18. The van der Waals surface area contributed by atoms with Gasteiger partial charge in [0.2, 0.25) is 0 Å². The lowest BCUT2D eigenvalue weighted by Gasteiger charge is -2.44. The fourth-order valence-electron chi connectivity index (χ4n) is 2.75. The maximum Gasteiger partial charge on any atom is 0.394 e. The molecule has 0 aromatic carbocycles. The molecule has 0 aromatic rings. The van der Waals surface area contributed by atoms with Crippen LogP contribution in [0.5, 0.6) is 0 Å². The minimum Gasteiger partial charge on any atom is -0.381 e. The van der Waals surface area contributed by atoms with Crippen LogP contribution in [0.3, 0.4) is 0 Å². The van der Waals surface area contributed by atoms with Crippen LogP contribution < -0.4 is 5.32 Å². The highest BCUT2D eigenvalue weighted by atomic mass is 19.4. The molecule has 2 heterocycles. The van der Waals surface area contributed by atoms with Gasteiger partial charge in [-0.25, -0.2) is 0 Å². The summed E-state index contributed by atoms with van der Waals surface area (Å²) in [6, 6.07) is 0. The number of hydrogen-bond donors (Lipinski definition) is 1. The van der Waals surface area contributed by atoms with E-state index in [-0.39, 0.29) is 18.6 Å². The van der Waals surface area contributed by atoms with Crippen LogP contribution in [-0.4, -0.2) is 56.0 Å². The van der Waals surface area contributed by atoms with Gasteiger partial charge < -0.3 is 10.1 Å². The van der Waals surface area contributed by atoms with E-state index < -0.39 is 12.1 Å². The monoisotopic (exact) mass is 266 g/mol. The molecule has 1 unspecified atom stereocenters. The van der Waals surface area contributed by atoms with Gasteiger partial charge in [0.25, 0.3) is 0 Å². The Bertz CT molecular complexity index is 277. The number of rotatable bonds is 1. The average Bonchev–Trinajstić information content (AvgIpc) is 2.55. The number of ether oxygens (including phenoxy) is 1. The molecule has 0 amide bonds. The van der Waals surface area contributed by atoms with Gasteiger partial charge in [0, 0.05) is 44.9 Å². The average molecular weight is 266 g/mol. The van der Waals surface area contributed by atoms with E-state index in [1.54, 1.807) is 0 Å². The predicted molar refractivity (Wildman–Crippen MR) is 62.4 cm³/mol. The van der Waals surface area contributed by atoms with Gasteiger partial charge in [-0.05, 0) is 19.8 Å². The second kappa shape index (κ2) is 5.35. The molecule has 0 bridgehead atoms. The molecule has 0 aromatic heterocycles. The van der Waals surface area contributed by atoms with Gasteiger partial charge in [-0.2, -0.15) is 13.2 Å². The molecule has 2 aliphatic heterocycles. The SMILES string of the molecule is CC1(N2CCNCC(C(F)(F)F)C2)CCOCC1. The summed E-state index contributed by atoms with van der Waals surface area (Å²) in [5, 5.41) is 2.90. The van der Waals surface area contributed by atoms with E-state index in [0.29, 0.717) is 26.3 Å². The van der Waals surface area contributed by atoms with E-state index in [4.69, 9.17) is 4.74 Å². The summed E-state index contributed by atoms with van der Waals surface area (Å²) in [5.74, 6) is -1.26. The quantitative estimate of drug-likeness (QED) is 0.781. The molecular formula is C12H21F3N2O. The number of alkyl halides is 3. The highest BCUT2D eigenvalue weighted by Crippen LogP contribution is 2.33. The Morgan fingerprint density at radius 1 is 1.28 bits per heavy atom. The van der Waals surface area contributed by atoms with Gasteiger partial charge in [0.1, 0.15) is 0 Å². The molecule has 0 aliphatic carbocycles. The molecule has 0 saturated carbocycles. The van der Waals surface area contributed by atoms with Gasteiger partial charge in [0.15, 0.2) is 0 Å². The minimum absolute atomic E-state index is 0.0343. The highest BCUT2D eigenvalue weighted by molar-refractivity contribution is 4.92. The fourth-order valence-corrected chi connectivity index (χ4v) is 2.75. The van der Waals surface area contributed by atoms with Gasteiger partial charge in [0.05, 0.1) is 5.92 Å². The summed E-state index contributed by atoms with van der Waals surface area (Å²) in [6.45, 7) is 4.81. The number of nitrogens with one attached hydrogen (secondary N) is 1. The summed E-state index contributed by atoms with van der Waals surface area (Å²) < 4.78 is 44.0. The first-order valence-electron chi connectivity index (χ1n) is 6.52. The first-order valence-corrected chi connectivity index (χ1v) is 6.52. The van der Waals surface area contributed by atoms with Crippen molar-refractivity contribution in [2.45, 2.75) is 31.5 Å². The Labute approximate surface area is 106 Å². The fraction of sp³-hybridized carbons (Fsp3) is 1.00. The zero-order valence-corrected chi connectivity index (χ0v) is 10.7. The van der Waals surface area contributed by atoms with E-state index >= 15 is 0 Å². The first kappa shape index (κ1) is 14.1. The van der Waals surface area contributed by atoms with Crippen molar-refractivity contribution in [3.05, 3.63) is 0 Å². The maximum absolute atomic E-state index is 12.9. The lowest BCUT2D eigenvalue weighted by Crippen LogP contribution is -2.53. The summed E-state index contributed by atoms with van der Waals surface area (Å²) in [5.41, 5.74) is -0.145. The van der Waals surface area contributed by atoms with Crippen LogP contribution in [0.25, 0.3) is 0 Å². The first-order chi connectivity index (χ1) is 8.42. The predicted octanol–water partition coefficient (Wildman–Crippen LogP) is 1.64. The lowest BCUT2D eigenvalue weighted by molar-refractivity contribution is -0.180. The van der Waals surface area contributed by atoms with Crippen molar-refractivity contribution in [2.24, 2.45) is 5.92 Å². The van der Waals surface area contributed by atoms with Gasteiger partial charge in [-0.3, -0.25) is 4.90 Å². The highest BCUT2D eigenvalue weighted by Gasteiger charge is 2.44. The molecule has 6 heteroatoms. The Morgan fingerprint density at radius 3 is 2.56 bits per heavy atom. The van der Waals surface area contributed by atoms with E-state index in [9.17, 15) is 13.2 Å². The van der Waals surface area contributed by atoms with E-state index in [1.165, 1.54) is 0 Å². The van der Waals surface area contributed by atoms with Crippen LogP contribution in [0.2, 0.25) is 0 Å². The lowest BCUT2D eigenvalue weighted by atomic mass is 9.89. The maximum atomic E-state index is 12.9. The second-order valence-electron chi connectivity index (χ2n) is 5.50. The third-order valence-corrected chi connectivity index (χ3v) is 4.19. The van der Waals surface area contributed by atoms with Crippen molar-refractivity contribution in [1.82, 2.24) is 10.2 Å². The molecule has 0 spiro atoms. The largest absolute Gasteiger partial charge is 0.394 e. The zero-order chi connectivity index (χ0) is 13.2. The van der Waals surface area contributed by atoms with Crippen molar-refractivity contribution >= 4 is 0 Å². The minimum atomic E-state index is -4.11. The Hall–Kier alpha value is -0.330. The van der Waals surface area contributed by atoms with Gasteiger partial charge in [-0.15, -0.1) is 0 Å². The van der Waals surface area contributed by atoms with Crippen molar-refractivity contribution in [3.8, 4) is 0 Å². The van der Waals surface area contributed by atoms with Crippen molar-refractivity contribution in [2.75, 3.05) is 39.4 Å². The molecule has 18 heavy (non-hydrogen) atoms.